The second kappa shape index (κ2) is 10.2. The van der Waals surface area contributed by atoms with Gasteiger partial charge in [-0.1, -0.05) is 41.9 Å². The first-order valence-electron chi connectivity index (χ1n) is 10.5. The number of amides is 1. The van der Waals surface area contributed by atoms with Gasteiger partial charge in [-0.2, -0.15) is 10.2 Å². The van der Waals surface area contributed by atoms with Crippen LogP contribution < -0.4 is 5.32 Å². The number of nitriles is 1. The molecule has 164 valence electrons. The first-order valence-corrected chi connectivity index (χ1v) is 11.3. The summed E-state index contributed by atoms with van der Waals surface area (Å²) in [4.78, 5) is 29.7. The van der Waals surface area contributed by atoms with Crippen LogP contribution in [0.4, 0.5) is 5.00 Å². The minimum absolute atomic E-state index is 0.0143. The number of thiophene rings is 1. The molecule has 1 N–H and O–H groups in total. The number of hydrogen-bond donors (Lipinski definition) is 1. The Morgan fingerprint density at radius 2 is 2.00 bits per heavy atom. The van der Waals surface area contributed by atoms with Gasteiger partial charge in [0.15, 0.2) is 6.61 Å². The molecule has 3 aromatic rings. The number of rotatable bonds is 7. The number of carbonyl (C=O) groups is 2. The number of aryl methyl sites for hydroxylation is 2. The minimum Gasteiger partial charge on any atom is -0.456 e. The lowest BCUT2D eigenvalue weighted by atomic mass is 10.1. The van der Waals surface area contributed by atoms with Crippen LogP contribution >= 0.6 is 11.3 Å². The third-order valence-electron chi connectivity index (χ3n) is 5.19. The van der Waals surface area contributed by atoms with Gasteiger partial charge in [0.2, 0.25) is 11.7 Å². The molecule has 1 aromatic carbocycles. The Bertz CT molecular complexity index is 1150. The predicted molar refractivity (Wildman–Crippen MR) is 118 cm³/mol. The van der Waals surface area contributed by atoms with Gasteiger partial charge >= 0.3 is 5.97 Å². The van der Waals surface area contributed by atoms with Gasteiger partial charge in [-0.3, -0.25) is 9.59 Å². The van der Waals surface area contributed by atoms with E-state index in [0.29, 0.717) is 22.3 Å². The number of anilines is 1. The largest absolute Gasteiger partial charge is 0.456 e. The fourth-order valence-corrected chi connectivity index (χ4v) is 4.86. The lowest BCUT2D eigenvalue weighted by Crippen LogP contribution is -2.21. The molecular formula is C23H22N4O4S. The molecular weight excluding hydrogens is 428 g/mol. The molecule has 0 spiro atoms. The Morgan fingerprint density at radius 3 is 2.81 bits per heavy atom. The summed E-state index contributed by atoms with van der Waals surface area (Å²) in [7, 11) is 0. The summed E-state index contributed by atoms with van der Waals surface area (Å²) in [5.74, 6) is -0.225. The van der Waals surface area contributed by atoms with Crippen molar-refractivity contribution in [2.45, 2.75) is 44.9 Å². The summed E-state index contributed by atoms with van der Waals surface area (Å²) < 4.78 is 10.2. The van der Waals surface area contributed by atoms with Gasteiger partial charge < -0.3 is 14.6 Å². The summed E-state index contributed by atoms with van der Waals surface area (Å²) in [6, 6.07) is 11.6. The lowest BCUT2D eigenvalue weighted by Gasteiger charge is -2.05. The van der Waals surface area contributed by atoms with Crippen LogP contribution in [0.1, 0.15) is 47.6 Å². The second-order valence-corrected chi connectivity index (χ2v) is 8.57. The maximum atomic E-state index is 12.3. The lowest BCUT2D eigenvalue weighted by molar-refractivity contribution is -0.147. The zero-order valence-corrected chi connectivity index (χ0v) is 18.2. The van der Waals surface area contributed by atoms with Crippen molar-refractivity contribution in [1.29, 1.82) is 5.26 Å². The number of ether oxygens (including phenoxy) is 1. The Balaban J connectivity index is 1.26. The van der Waals surface area contributed by atoms with Crippen LogP contribution in [0.5, 0.6) is 0 Å². The van der Waals surface area contributed by atoms with Crippen LogP contribution in [0.25, 0.3) is 11.4 Å². The van der Waals surface area contributed by atoms with E-state index in [1.54, 1.807) is 0 Å². The van der Waals surface area contributed by atoms with Gasteiger partial charge in [0.25, 0.3) is 5.91 Å². The Labute approximate surface area is 189 Å². The minimum atomic E-state index is -0.540. The van der Waals surface area contributed by atoms with Gasteiger partial charge in [-0.25, -0.2) is 0 Å². The van der Waals surface area contributed by atoms with Crippen LogP contribution in [-0.4, -0.2) is 28.6 Å². The van der Waals surface area contributed by atoms with E-state index in [-0.39, 0.29) is 12.8 Å². The molecule has 32 heavy (non-hydrogen) atoms. The number of hydrogen-bond acceptors (Lipinski definition) is 8. The molecule has 0 unspecified atom stereocenters. The molecule has 8 nitrogen and oxygen atoms in total. The van der Waals surface area contributed by atoms with Crippen LogP contribution in [0, 0.1) is 11.3 Å². The van der Waals surface area contributed by atoms with E-state index in [1.165, 1.54) is 16.2 Å². The average molecular weight is 451 g/mol. The molecule has 1 aliphatic rings. The molecule has 0 atom stereocenters. The van der Waals surface area contributed by atoms with Crippen LogP contribution in [-0.2, 0) is 33.6 Å². The maximum Gasteiger partial charge on any atom is 0.306 e. The third-order valence-corrected chi connectivity index (χ3v) is 6.40. The molecule has 0 aliphatic heterocycles. The summed E-state index contributed by atoms with van der Waals surface area (Å²) in [5, 5.41) is 16.7. The number of fused-ring (bicyclic) bond motifs is 1. The maximum absolute atomic E-state index is 12.3. The van der Waals surface area contributed by atoms with Crippen molar-refractivity contribution in [3.63, 3.8) is 0 Å². The topological polar surface area (TPSA) is 118 Å². The normalized spacial score (nSPS) is 13.0. The quantitative estimate of drug-likeness (QED) is 0.426. The molecule has 0 bridgehead atoms. The molecule has 0 fully saturated rings. The van der Waals surface area contributed by atoms with Crippen molar-refractivity contribution < 1.29 is 18.8 Å². The molecule has 4 rings (SSSR count). The molecule has 2 aromatic heterocycles. The first-order chi connectivity index (χ1) is 15.6. The highest BCUT2D eigenvalue weighted by atomic mass is 32.1. The smallest absolute Gasteiger partial charge is 0.306 e. The summed E-state index contributed by atoms with van der Waals surface area (Å²) >= 11 is 1.45. The summed E-state index contributed by atoms with van der Waals surface area (Å²) in [6.07, 6.45) is 5.33. The molecule has 0 radical (unpaired) electrons. The number of aromatic nitrogens is 2. The zero-order chi connectivity index (χ0) is 22.3. The van der Waals surface area contributed by atoms with Crippen molar-refractivity contribution in [3.8, 4) is 17.5 Å². The van der Waals surface area contributed by atoms with Crippen LogP contribution in [0.3, 0.4) is 0 Å². The summed E-state index contributed by atoms with van der Waals surface area (Å²) in [5.41, 5.74) is 2.42. The third kappa shape index (κ3) is 5.21. The van der Waals surface area contributed by atoms with E-state index in [2.05, 4.69) is 21.5 Å². The number of benzene rings is 1. The standard InChI is InChI=1S/C23H22N4O4S/c24-13-17-16-9-5-2-6-10-18(16)32-23(17)25-19(28)14-30-21(29)12-11-20-26-22(27-31-20)15-7-3-1-4-8-15/h1,3-4,7-8H,2,5-6,9-12,14H2,(H,25,28). The van der Waals surface area contributed by atoms with E-state index in [1.807, 2.05) is 30.3 Å². The van der Waals surface area contributed by atoms with Gasteiger partial charge in [0, 0.05) is 16.9 Å². The monoisotopic (exact) mass is 450 g/mol. The second-order valence-electron chi connectivity index (χ2n) is 7.47. The van der Waals surface area contributed by atoms with E-state index < -0.39 is 18.5 Å². The number of nitrogens with zero attached hydrogens (tertiary/aromatic N) is 3. The van der Waals surface area contributed by atoms with Gasteiger partial charge in [-0.15, -0.1) is 11.3 Å². The number of esters is 1. The first kappa shape index (κ1) is 21.7. The molecule has 1 aliphatic carbocycles. The molecule has 2 heterocycles. The van der Waals surface area contributed by atoms with Crippen molar-refractivity contribution in [2.24, 2.45) is 0 Å². The van der Waals surface area contributed by atoms with Crippen LogP contribution in [0.15, 0.2) is 34.9 Å². The van der Waals surface area contributed by atoms with Crippen molar-refractivity contribution in [2.75, 3.05) is 11.9 Å². The van der Waals surface area contributed by atoms with Crippen molar-refractivity contribution in [3.05, 3.63) is 52.2 Å². The van der Waals surface area contributed by atoms with E-state index in [0.717, 1.165) is 43.2 Å². The van der Waals surface area contributed by atoms with Gasteiger partial charge in [0.05, 0.1) is 12.0 Å². The Kier molecular flexibility index (Phi) is 6.92. The highest BCUT2D eigenvalue weighted by molar-refractivity contribution is 7.16. The SMILES string of the molecule is N#Cc1c(NC(=O)COC(=O)CCc2nc(-c3ccccc3)no2)sc2c1CCCCC2. The van der Waals surface area contributed by atoms with Crippen molar-refractivity contribution >= 4 is 28.2 Å². The summed E-state index contributed by atoms with van der Waals surface area (Å²) in [6.45, 7) is -0.411. The van der Waals surface area contributed by atoms with E-state index >= 15 is 0 Å². The predicted octanol–water partition coefficient (Wildman–Crippen LogP) is 4.05. The molecule has 9 heteroatoms. The van der Waals surface area contributed by atoms with E-state index in [4.69, 9.17) is 9.26 Å². The Morgan fingerprint density at radius 1 is 1.19 bits per heavy atom. The zero-order valence-electron chi connectivity index (χ0n) is 17.4. The van der Waals surface area contributed by atoms with E-state index in [9.17, 15) is 14.9 Å². The van der Waals surface area contributed by atoms with Gasteiger partial charge in [0.1, 0.15) is 11.1 Å². The number of carbonyl (C=O) groups excluding carboxylic acids is 2. The molecule has 1 amide bonds. The Hall–Kier alpha value is -3.51. The average Bonchev–Trinajstić information content (AvgIpc) is 3.34. The highest BCUT2D eigenvalue weighted by Gasteiger charge is 2.21. The molecule has 0 saturated heterocycles. The van der Waals surface area contributed by atoms with Crippen LogP contribution in [0.2, 0.25) is 0 Å². The number of nitrogens with one attached hydrogen (secondary N) is 1. The molecule has 0 saturated carbocycles. The highest BCUT2D eigenvalue weighted by Crippen LogP contribution is 2.36. The fraction of sp³-hybridized carbons (Fsp3) is 0.348. The fourth-order valence-electron chi connectivity index (χ4n) is 3.60. The van der Waals surface area contributed by atoms with Gasteiger partial charge in [-0.05, 0) is 31.2 Å². The van der Waals surface area contributed by atoms with Crippen molar-refractivity contribution in [1.82, 2.24) is 10.1 Å².